The second-order valence-corrected chi connectivity index (χ2v) is 4.98. The van der Waals surface area contributed by atoms with E-state index in [4.69, 9.17) is 0 Å². The fraction of sp³-hybridized carbons (Fsp3) is 0.125. The lowest BCUT2D eigenvalue weighted by atomic mass is 10.1. The van der Waals surface area contributed by atoms with E-state index in [0.29, 0.717) is 28.7 Å². The number of aromatic amines is 2. The SMILES string of the molecule is O=C(CCc1ccccc1F)Nc1ccc2[nH]c(=O)[nH]c2c1. The number of imidazole rings is 1. The predicted molar refractivity (Wildman–Crippen MR) is 82.3 cm³/mol. The van der Waals surface area contributed by atoms with Crippen LogP contribution in [-0.4, -0.2) is 15.9 Å². The summed E-state index contributed by atoms with van der Waals surface area (Å²) in [6, 6.07) is 11.5. The number of rotatable bonds is 4. The second kappa shape index (κ2) is 5.85. The molecule has 0 aliphatic rings. The van der Waals surface area contributed by atoms with E-state index in [-0.39, 0.29) is 23.8 Å². The van der Waals surface area contributed by atoms with Crippen molar-refractivity contribution in [3.8, 4) is 0 Å². The highest BCUT2D eigenvalue weighted by Crippen LogP contribution is 2.15. The average molecular weight is 299 g/mol. The first-order valence-electron chi connectivity index (χ1n) is 6.87. The van der Waals surface area contributed by atoms with E-state index in [2.05, 4.69) is 15.3 Å². The van der Waals surface area contributed by atoms with Crippen molar-refractivity contribution in [2.75, 3.05) is 5.32 Å². The summed E-state index contributed by atoms with van der Waals surface area (Å²) in [5.41, 5.74) is 2.11. The van der Waals surface area contributed by atoms with Crippen LogP contribution in [0.2, 0.25) is 0 Å². The molecule has 22 heavy (non-hydrogen) atoms. The third-order valence-electron chi connectivity index (χ3n) is 3.38. The summed E-state index contributed by atoms with van der Waals surface area (Å²) in [4.78, 5) is 28.4. The largest absolute Gasteiger partial charge is 0.326 e. The number of benzene rings is 2. The maximum absolute atomic E-state index is 13.5. The minimum atomic E-state index is -0.304. The van der Waals surface area contributed by atoms with Gasteiger partial charge in [0.25, 0.3) is 0 Å². The lowest BCUT2D eigenvalue weighted by molar-refractivity contribution is -0.116. The number of anilines is 1. The van der Waals surface area contributed by atoms with Crippen molar-refractivity contribution in [3.05, 3.63) is 64.3 Å². The van der Waals surface area contributed by atoms with Crippen LogP contribution in [0.3, 0.4) is 0 Å². The van der Waals surface area contributed by atoms with Gasteiger partial charge in [-0.15, -0.1) is 0 Å². The van der Waals surface area contributed by atoms with Crippen LogP contribution in [0.15, 0.2) is 47.3 Å². The first-order chi connectivity index (χ1) is 10.6. The molecule has 5 nitrogen and oxygen atoms in total. The van der Waals surface area contributed by atoms with E-state index in [1.165, 1.54) is 6.07 Å². The highest BCUT2D eigenvalue weighted by molar-refractivity contribution is 5.93. The number of aromatic nitrogens is 2. The van der Waals surface area contributed by atoms with Gasteiger partial charge in [-0.25, -0.2) is 9.18 Å². The topological polar surface area (TPSA) is 77.8 Å². The summed E-state index contributed by atoms with van der Waals surface area (Å²) in [6.45, 7) is 0. The number of nitrogens with one attached hydrogen (secondary N) is 3. The van der Waals surface area contributed by atoms with Crippen molar-refractivity contribution >= 4 is 22.6 Å². The summed E-state index contributed by atoms with van der Waals surface area (Å²) in [6.07, 6.45) is 0.518. The third kappa shape index (κ3) is 3.06. The molecule has 1 heterocycles. The Hall–Kier alpha value is -2.89. The molecule has 0 bridgehead atoms. The molecule has 0 radical (unpaired) electrons. The molecule has 0 saturated carbocycles. The van der Waals surface area contributed by atoms with Crippen molar-refractivity contribution in [2.24, 2.45) is 0 Å². The Balaban J connectivity index is 1.65. The van der Waals surface area contributed by atoms with Gasteiger partial charge >= 0.3 is 5.69 Å². The zero-order valence-corrected chi connectivity index (χ0v) is 11.7. The number of hydrogen-bond acceptors (Lipinski definition) is 2. The molecule has 0 aliphatic heterocycles. The van der Waals surface area contributed by atoms with Gasteiger partial charge in [0.15, 0.2) is 0 Å². The van der Waals surface area contributed by atoms with E-state index < -0.39 is 0 Å². The Morgan fingerprint density at radius 1 is 1.09 bits per heavy atom. The number of carbonyl (C=O) groups excluding carboxylic acids is 1. The number of carbonyl (C=O) groups is 1. The molecule has 0 spiro atoms. The zero-order chi connectivity index (χ0) is 15.5. The molecule has 112 valence electrons. The minimum Gasteiger partial charge on any atom is -0.326 e. The lowest BCUT2D eigenvalue weighted by Gasteiger charge is -2.06. The van der Waals surface area contributed by atoms with Gasteiger partial charge in [-0.1, -0.05) is 18.2 Å². The van der Waals surface area contributed by atoms with Crippen LogP contribution in [-0.2, 0) is 11.2 Å². The van der Waals surface area contributed by atoms with E-state index in [1.54, 1.807) is 36.4 Å². The molecule has 0 saturated heterocycles. The number of H-pyrrole nitrogens is 2. The third-order valence-corrected chi connectivity index (χ3v) is 3.38. The second-order valence-electron chi connectivity index (χ2n) is 4.98. The molecule has 1 amide bonds. The number of halogens is 1. The number of aryl methyl sites for hydroxylation is 1. The monoisotopic (exact) mass is 299 g/mol. The van der Waals surface area contributed by atoms with Gasteiger partial charge in [0.1, 0.15) is 5.82 Å². The maximum atomic E-state index is 13.5. The van der Waals surface area contributed by atoms with E-state index in [9.17, 15) is 14.0 Å². The van der Waals surface area contributed by atoms with E-state index in [1.807, 2.05) is 0 Å². The first kappa shape index (κ1) is 14.1. The molecule has 1 aromatic heterocycles. The van der Waals surface area contributed by atoms with Gasteiger partial charge in [0.05, 0.1) is 11.0 Å². The smallest absolute Gasteiger partial charge is 0.323 e. The average Bonchev–Trinajstić information content (AvgIpc) is 2.86. The summed E-state index contributed by atoms with van der Waals surface area (Å²) in [5, 5.41) is 2.74. The van der Waals surface area contributed by atoms with Gasteiger partial charge in [-0.05, 0) is 36.2 Å². The Kier molecular flexibility index (Phi) is 3.74. The fourth-order valence-corrected chi connectivity index (χ4v) is 2.28. The Labute approximate surface area is 125 Å². The number of fused-ring (bicyclic) bond motifs is 1. The molecular weight excluding hydrogens is 285 g/mol. The van der Waals surface area contributed by atoms with Gasteiger partial charge in [-0.2, -0.15) is 0 Å². The lowest BCUT2D eigenvalue weighted by Crippen LogP contribution is -2.12. The summed E-state index contributed by atoms with van der Waals surface area (Å²) < 4.78 is 13.5. The van der Waals surface area contributed by atoms with Gasteiger partial charge in [0.2, 0.25) is 5.91 Å². The van der Waals surface area contributed by atoms with Gasteiger partial charge in [0, 0.05) is 12.1 Å². The first-order valence-corrected chi connectivity index (χ1v) is 6.87. The molecule has 0 atom stereocenters. The van der Waals surface area contributed by atoms with Crippen LogP contribution in [0, 0.1) is 5.82 Å². The summed E-state index contributed by atoms with van der Waals surface area (Å²) >= 11 is 0. The zero-order valence-electron chi connectivity index (χ0n) is 11.7. The van der Waals surface area contributed by atoms with Crippen molar-refractivity contribution in [1.82, 2.24) is 9.97 Å². The molecule has 0 unspecified atom stereocenters. The molecular formula is C16H14FN3O2. The Morgan fingerprint density at radius 2 is 1.86 bits per heavy atom. The maximum Gasteiger partial charge on any atom is 0.323 e. The normalized spacial score (nSPS) is 10.8. The highest BCUT2D eigenvalue weighted by atomic mass is 19.1. The molecule has 3 N–H and O–H groups in total. The number of amides is 1. The quantitative estimate of drug-likeness (QED) is 0.692. The Morgan fingerprint density at radius 3 is 2.68 bits per heavy atom. The standard InChI is InChI=1S/C16H14FN3O2/c17-12-4-2-1-3-10(12)5-8-15(21)18-11-6-7-13-14(9-11)20-16(22)19-13/h1-4,6-7,9H,5,8H2,(H,18,21)(H2,19,20,22). The van der Waals surface area contributed by atoms with Crippen LogP contribution in [0.5, 0.6) is 0 Å². The van der Waals surface area contributed by atoms with Crippen LogP contribution < -0.4 is 11.0 Å². The molecule has 0 fully saturated rings. The van der Waals surface area contributed by atoms with E-state index >= 15 is 0 Å². The van der Waals surface area contributed by atoms with Crippen molar-refractivity contribution in [1.29, 1.82) is 0 Å². The van der Waals surface area contributed by atoms with Crippen molar-refractivity contribution in [2.45, 2.75) is 12.8 Å². The van der Waals surface area contributed by atoms with Gasteiger partial charge < -0.3 is 15.3 Å². The van der Waals surface area contributed by atoms with Crippen LogP contribution >= 0.6 is 0 Å². The van der Waals surface area contributed by atoms with Gasteiger partial charge in [-0.3, -0.25) is 4.79 Å². The van der Waals surface area contributed by atoms with Crippen LogP contribution in [0.1, 0.15) is 12.0 Å². The fourth-order valence-electron chi connectivity index (χ4n) is 2.28. The number of hydrogen-bond donors (Lipinski definition) is 3. The summed E-state index contributed by atoms with van der Waals surface area (Å²) in [7, 11) is 0. The molecule has 2 aromatic carbocycles. The predicted octanol–water partition coefficient (Wildman–Crippen LogP) is 2.57. The Bertz CT molecular complexity index is 882. The summed E-state index contributed by atoms with van der Waals surface area (Å²) in [5.74, 6) is -0.512. The van der Waals surface area contributed by atoms with Crippen LogP contribution in [0.4, 0.5) is 10.1 Å². The molecule has 3 aromatic rings. The molecule has 0 aliphatic carbocycles. The van der Waals surface area contributed by atoms with Crippen molar-refractivity contribution in [3.63, 3.8) is 0 Å². The molecule has 3 rings (SSSR count). The van der Waals surface area contributed by atoms with Crippen molar-refractivity contribution < 1.29 is 9.18 Å². The van der Waals surface area contributed by atoms with Crippen LogP contribution in [0.25, 0.3) is 11.0 Å². The van der Waals surface area contributed by atoms with E-state index in [0.717, 1.165) is 0 Å². The highest BCUT2D eigenvalue weighted by Gasteiger charge is 2.07. The minimum absolute atomic E-state index is 0.183. The molecule has 6 heteroatoms.